The van der Waals surface area contributed by atoms with Gasteiger partial charge in [-0.1, -0.05) is 47.1 Å². The Hall–Kier alpha value is -1.92. The minimum Gasteiger partial charge on any atom is -0.450 e. The molecule has 1 aliphatic rings. The van der Waals surface area contributed by atoms with Gasteiger partial charge in [-0.2, -0.15) is 0 Å². The highest BCUT2D eigenvalue weighted by atomic mass is 35.5. The van der Waals surface area contributed by atoms with E-state index >= 15 is 0 Å². The highest BCUT2D eigenvalue weighted by molar-refractivity contribution is 6.32. The number of esters is 1. The van der Waals surface area contributed by atoms with Crippen LogP contribution in [0.2, 0.25) is 5.15 Å². The maximum absolute atomic E-state index is 12.4. The Morgan fingerprint density at radius 2 is 2.09 bits per heavy atom. The van der Waals surface area contributed by atoms with E-state index in [4.69, 9.17) is 21.1 Å². The second kappa shape index (κ2) is 5.70. The van der Waals surface area contributed by atoms with Crippen molar-refractivity contribution >= 4 is 17.6 Å². The van der Waals surface area contributed by atoms with Gasteiger partial charge in [-0.15, -0.1) is 5.10 Å². The predicted octanol–water partition coefficient (Wildman–Crippen LogP) is 2.49. The molecule has 0 unspecified atom stereocenters. The summed E-state index contributed by atoms with van der Waals surface area (Å²) in [6, 6.07) is 9.50. The molecule has 3 rings (SSSR count). The summed E-state index contributed by atoms with van der Waals surface area (Å²) in [5.41, 5.74) is 0.549. The number of benzene rings is 1. The van der Waals surface area contributed by atoms with E-state index in [1.807, 2.05) is 44.2 Å². The van der Waals surface area contributed by atoms with Gasteiger partial charge in [-0.25, -0.2) is 9.48 Å². The average Bonchev–Trinajstić information content (AvgIpc) is 2.87. The molecule has 1 aromatic carbocycles. The molecular formula is C15H16ClN3O3. The Morgan fingerprint density at radius 3 is 2.68 bits per heavy atom. The lowest BCUT2D eigenvalue weighted by molar-refractivity contribution is -0.169. The van der Waals surface area contributed by atoms with Crippen molar-refractivity contribution in [1.82, 2.24) is 15.0 Å². The normalized spacial score (nSPS) is 17.6. The van der Waals surface area contributed by atoms with Gasteiger partial charge < -0.3 is 9.47 Å². The van der Waals surface area contributed by atoms with Gasteiger partial charge in [0.05, 0.1) is 19.3 Å². The number of ether oxygens (including phenoxy) is 2. The fourth-order valence-electron chi connectivity index (χ4n) is 2.32. The first kappa shape index (κ1) is 15.0. The van der Waals surface area contributed by atoms with Crippen molar-refractivity contribution in [2.45, 2.75) is 25.5 Å². The van der Waals surface area contributed by atoms with Gasteiger partial charge in [-0.3, -0.25) is 0 Å². The third kappa shape index (κ3) is 2.71. The smallest absolute Gasteiger partial charge is 0.360 e. The molecule has 1 atom stereocenters. The molecule has 22 heavy (non-hydrogen) atoms. The van der Waals surface area contributed by atoms with Gasteiger partial charge in [0.1, 0.15) is 0 Å². The third-order valence-electron chi connectivity index (χ3n) is 3.65. The van der Waals surface area contributed by atoms with E-state index < -0.39 is 11.6 Å². The van der Waals surface area contributed by atoms with Gasteiger partial charge in [0.2, 0.25) is 0 Å². The Balaban J connectivity index is 1.89. The van der Waals surface area contributed by atoms with Crippen LogP contribution in [0.25, 0.3) is 0 Å². The van der Waals surface area contributed by atoms with Crippen molar-refractivity contribution in [3.63, 3.8) is 0 Å². The number of nitrogens with zero attached hydrogens (tertiary/aromatic N) is 3. The third-order valence-corrected chi connectivity index (χ3v) is 3.90. The van der Waals surface area contributed by atoms with Crippen LogP contribution < -0.4 is 0 Å². The zero-order valence-electron chi connectivity index (χ0n) is 12.3. The molecule has 0 N–H and O–H groups in total. The summed E-state index contributed by atoms with van der Waals surface area (Å²) in [5, 5.41) is 7.83. The Bertz CT molecular complexity index is 683. The second-order valence-electron chi connectivity index (χ2n) is 5.59. The Labute approximate surface area is 133 Å². The van der Waals surface area contributed by atoms with Crippen molar-refractivity contribution < 1.29 is 14.3 Å². The molecule has 1 aromatic heterocycles. The lowest BCUT2D eigenvalue weighted by Crippen LogP contribution is -2.50. The summed E-state index contributed by atoms with van der Waals surface area (Å²) in [6.07, 6.45) is 0. The number of carbonyl (C=O) groups is 1. The first-order valence-electron chi connectivity index (χ1n) is 6.97. The van der Waals surface area contributed by atoms with Gasteiger partial charge in [0.25, 0.3) is 0 Å². The number of hydrogen-bond acceptors (Lipinski definition) is 5. The van der Waals surface area contributed by atoms with Crippen LogP contribution in [0.15, 0.2) is 30.3 Å². The van der Waals surface area contributed by atoms with Gasteiger partial charge in [-0.05, 0) is 19.4 Å². The van der Waals surface area contributed by atoms with Crippen LogP contribution in [0, 0.1) is 0 Å². The van der Waals surface area contributed by atoms with Gasteiger partial charge in [0.15, 0.2) is 16.4 Å². The first-order chi connectivity index (χ1) is 10.5. The molecule has 0 aliphatic carbocycles. The van der Waals surface area contributed by atoms with E-state index in [1.165, 1.54) is 4.68 Å². The molecule has 6 nitrogen and oxygen atoms in total. The monoisotopic (exact) mass is 321 g/mol. The number of carbonyl (C=O) groups excluding carboxylic acids is 1. The van der Waals surface area contributed by atoms with E-state index in [0.29, 0.717) is 13.2 Å². The number of rotatable bonds is 4. The Kier molecular flexibility index (Phi) is 3.88. The predicted molar refractivity (Wildman–Crippen MR) is 79.9 cm³/mol. The maximum atomic E-state index is 12.4. The minimum atomic E-state index is -0.606. The van der Waals surface area contributed by atoms with Crippen molar-refractivity contribution in [3.8, 4) is 0 Å². The van der Waals surface area contributed by atoms with E-state index in [2.05, 4.69) is 10.3 Å². The lowest BCUT2D eigenvalue weighted by Gasteiger charge is -2.37. The summed E-state index contributed by atoms with van der Waals surface area (Å²) in [6.45, 7) is 4.50. The lowest BCUT2D eigenvalue weighted by atomic mass is 10.1. The maximum Gasteiger partial charge on any atom is 0.360 e. The average molecular weight is 322 g/mol. The Morgan fingerprint density at radius 1 is 1.41 bits per heavy atom. The standard InChI is InChI=1S/C15H16ClN3O3/c1-10(11-6-4-3-5-7-11)19-12(13(16)17-18-19)14(20)22-15(2)8-21-9-15/h3-7,10H,8-9H2,1-2H3/t10-/m1/s1. The summed E-state index contributed by atoms with van der Waals surface area (Å²) in [5.74, 6) is -0.538. The van der Waals surface area contributed by atoms with Crippen LogP contribution in [-0.4, -0.2) is 39.8 Å². The molecule has 1 aliphatic heterocycles. The molecule has 0 amide bonds. The fraction of sp³-hybridized carbons (Fsp3) is 0.400. The van der Waals surface area contributed by atoms with Crippen molar-refractivity contribution in [1.29, 1.82) is 0 Å². The summed E-state index contributed by atoms with van der Waals surface area (Å²) in [4.78, 5) is 12.4. The van der Waals surface area contributed by atoms with E-state index in [-0.39, 0.29) is 16.9 Å². The van der Waals surface area contributed by atoms with E-state index in [0.717, 1.165) is 5.56 Å². The van der Waals surface area contributed by atoms with Crippen molar-refractivity contribution in [2.24, 2.45) is 0 Å². The summed E-state index contributed by atoms with van der Waals surface area (Å²) < 4.78 is 12.1. The second-order valence-corrected chi connectivity index (χ2v) is 5.95. The highest BCUT2D eigenvalue weighted by Gasteiger charge is 2.39. The number of hydrogen-bond donors (Lipinski definition) is 0. The van der Waals surface area contributed by atoms with Crippen LogP contribution >= 0.6 is 11.6 Å². The van der Waals surface area contributed by atoms with E-state index in [9.17, 15) is 4.79 Å². The molecule has 1 saturated heterocycles. The minimum absolute atomic E-state index is 0.0385. The first-order valence-corrected chi connectivity index (χ1v) is 7.35. The zero-order chi connectivity index (χ0) is 15.7. The zero-order valence-corrected chi connectivity index (χ0v) is 13.1. The summed E-state index contributed by atoms with van der Waals surface area (Å²) >= 11 is 6.03. The number of aromatic nitrogens is 3. The molecule has 1 fully saturated rings. The molecule has 2 aromatic rings. The molecular weight excluding hydrogens is 306 g/mol. The van der Waals surface area contributed by atoms with Crippen LogP contribution in [0.1, 0.15) is 35.9 Å². The van der Waals surface area contributed by atoms with Crippen LogP contribution in [0.3, 0.4) is 0 Å². The number of halogens is 1. The van der Waals surface area contributed by atoms with Gasteiger partial charge in [0, 0.05) is 0 Å². The molecule has 0 saturated carbocycles. The van der Waals surface area contributed by atoms with Crippen molar-refractivity contribution in [3.05, 3.63) is 46.7 Å². The van der Waals surface area contributed by atoms with Crippen LogP contribution in [0.5, 0.6) is 0 Å². The van der Waals surface area contributed by atoms with Gasteiger partial charge >= 0.3 is 5.97 Å². The van der Waals surface area contributed by atoms with Crippen LogP contribution in [-0.2, 0) is 9.47 Å². The summed E-state index contributed by atoms with van der Waals surface area (Å²) in [7, 11) is 0. The fourth-order valence-corrected chi connectivity index (χ4v) is 2.51. The molecule has 2 heterocycles. The quantitative estimate of drug-likeness (QED) is 0.809. The van der Waals surface area contributed by atoms with E-state index in [1.54, 1.807) is 0 Å². The molecule has 116 valence electrons. The topological polar surface area (TPSA) is 66.2 Å². The largest absolute Gasteiger partial charge is 0.450 e. The molecule has 0 spiro atoms. The molecule has 0 radical (unpaired) electrons. The molecule has 0 bridgehead atoms. The van der Waals surface area contributed by atoms with Crippen molar-refractivity contribution in [2.75, 3.05) is 13.2 Å². The molecule has 7 heteroatoms. The highest BCUT2D eigenvalue weighted by Crippen LogP contribution is 2.27. The SMILES string of the molecule is C[C@H](c1ccccc1)n1nnc(Cl)c1C(=O)OC1(C)COC1. The van der Waals surface area contributed by atoms with Crippen LogP contribution in [0.4, 0.5) is 0 Å².